The average Bonchev–Trinajstić information content (AvgIpc) is 3.10. The van der Waals surface area contributed by atoms with E-state index in [1.807, 2.05) is 12.1 Å². The number of anilines is 1. The van der Waals surface area contributed by atoms with E-state index in [1.54, 1.807) is 66.7 Å². The molecular weight excluding hydrogens is 446 g/mol. The Labute approximate surface area is 190 Å². The van der Waals surface area contributed by atoms with E-state index >= 15 is 0 Å². The predicted octanol–water partition coefficient (Wildman–Crippen LogP) is 4.04. The molecule has 1 aliphatic rings. The van der Waals surface area contributed by atoms with Crippen molar-refractivity contribution in [3.05, 3.63) is 91.0 Å². The molecule has 3 aromatic rings. The van der Waals surface area contributed by atoms with Gasteiger partial charge in [0, 0.05) is 12.1 Å². The summed E-state index contributed by atoms with van der Waals surface area (Å²) in [7, 11) is -4.18. The zero-order valence-corrected chi connectivity index (χ0v) is 18.4. The Bertz CT molecular complexity index is 1250. The number of rotatable bonds is 6. The zero-order valence-electron chi connectivity index (χ0n) is 16.8. The Morgan fingerprint density at radius 2 is 1.47 bits per heavy atom. The van der Waals surface area contributed by atoms with Crippen molar-refractivity contribution in [3.63, 3.8) is 0 Å². The third-order valence-corrected chi connectivity index (χ3v) is 7.54. The Hall–Kier alpha value is -3.43. The number of hydrogen-bond donors (Lipinski definition) is 1. The van der Waals surface area contributed by atoms with Crippen molar-refractivity contribution >= 4 is 50.1 Å². The number of amidine groups is 1. The maximum atomic E-state index is 13.3. The van der Waals surface area contributed by atoms with E-state index < -0.39 is 21.2 Å². The molecule has 32 heavy (non-hydrogen) atoms. The van der Waals surface area contributed by atoms with Crippen LogP contribution in [-0.2, 0) is 19.6 Å². The molecule has 0 unspecified atom stereocenters. The Morgan fingerprint density at radius 1 is 0.906 bits per heavy atom. The van der Waals surface area contributed by atoms with E-state index in [0.29, 0.717) is 15.7 Å². The first kappa shape index (κ1) is 21.8. The van der Waals surface area contributed by atoms with Crippen LogP contribution in [0.2, 0.25) is 0 Å². The molecule has 1 N–H and O–H groups in total. The van der Waals surface area contributed by atoms with Gasteiger partial charge in [0.2, 0.25) is 5.91 Å². The highest BCUT2D eigenvalue weighted by atomic mass is 32.2. The number of aliphatic imine (C=N–C) groups is 1. The summed E-state index contributed by atoms with van der Waals surface area (Å²) in [6.07, 6.45) is -0.187. The van der Waals surface area contributed by atoms with Crippen LogP contribution < -0.4 is 5.32 Å². The summed E-state index contributed by atoms with van der Waals surface area (Å²) in [6.45, 7) is 0. The second-order valence-corrected chi connectivity index (χ2v) is 9.83. The zero-order chi connectivity index (χ0) is 22.6. The minimum Gasteiger partial charge on any atom is -0.326 e. The van der Waals surface area contributed by atoms with Crippen molar-refractivity contribution in [2.24, 2.45) is 4.99 Å². The van der Waals surface area contributed by atoms with Crippen molar-refractivity contribution in [2.45, 2.75) is 16.6 Å². The standard InChI is InChI=1S/C23H19N3O4S2/c27-21(24-17-10-4-1-5-11-17)16-20-22(28)26(32(29,30)19-14-8-3-9-15-19)23(31-20)25-18-12-6-2-7-13-18/h1-15,20H,16H2,(H,24,27)/t20-/m0/s1. The van der Waals surface area contributed by atoms with E-state index in [-0.39, 0.29) is 22.4 Å². The van der Waals surface area contributed by atoms with E-state index in [9.17, 15) is 18.0 Å². The van der Waals surface area contributed by atoms with Gasteiger partial charge in [-0.2, -0.15) is 4.31 Å². The van der Waals surface area contributed by atoms with Gasteiger partial charge in [0.25, 0.3) is 15.9 Å². The molecule has 1 aliphatic heterocycles. The molecule has 0 spiro atoms. The minimum atomic E-state index is -4.18. The monoisotopic (exact) mass is 465 g/mol. The van der Waals surface area contributed by atoms with Gasteiger partial charge >= 0.3 is 0 Å². The molecule has 0 bridgehead atoms. The highest BCUT2D eigenvalue weighted by molar-refractivity contribution is 8.17. The van der Waals surface area contributed by atoms with Gasteiger partial charge in [-0.1, -0.05) is 66.4 Å². The molecule has 9 heteroatoms. The largest absolute Gasteiger partial charge is 0.326 e. The lowest BCUT2D eigenvalue weighted by Gasteiger charge is -2.16. The molecule has 1 heterocycles. The molecule has 3 aromatic carbocycles. The smallest absolute Gasteiger partial charge is 0.272 e. The highest BCUT2D eigenvalue weighted by Gasteiger charge is 2.46. The number of hydrogen-bond acceptors (Lipinski definition) is 6. The summed E-state index contributed by atoms with van der Waals surface area (Å²) >= 11 is 0.969. The fraction of sp³-hybridized carbons (Fsp3) is 0.0870. The van der Waals surface area contributed by atoms with Crippen LogP contribution in [-0.4, -0.2) is 35.0 Å². The van der Waals surface area contributed by atoms with E-state index in [1.165, 1.54) is 12.1 Å². The van der Waals surface area contributed by atoms with Crippen LogP contribution in [0.1, 0.15) is 6.42 Å². The molecule has 0 saturated carbocycles. The molecule has 1 fully saturated rings. The number of sulfonamides is 1. The quantitative estimate of drug-likeness (QED) is 0.593. The van der Waals surface area contributed by atoms with Gasteiger partial charge < -0.3 is 5.32 Å². The number of amides is 2. The van der Waals surface area contributed by atoms with Crippen LogP contribution >= 0.6 is 11.8 Å². The van der Waals surface area contributed by atoms with Gasteiger partial charge in [-0.05, 0) is 36.4 Å². The van der Waals surface area contributed by atoms with Crippen LogP contribution in [0.15, 0.2) is 101 Å². The maximum Gasteiger partial charge on any atom is 0.272 e. The molecule has 0 aliphatic carbocycles. The number of carbonyl (C=O) groups is 2. The van der Waals surface area contributed by atoms with Crippen LogP contribution in [0, 0.1) is 0 Å². The molecule has 4 rings (SSSR count). The predicted molar refractivity (Wildman–Crippen MR) is 125 cm³/mol. The fourth-order valence-corrected chi connectivity index (χ4v) is 5.94. The van der Waals surface area contributed by atoms with Gasteiger partial charge in [0.1, 0.15) is 5.25 Å². The molecule has 7 nitrogen and oxygen atoms in total. The SMILES string of the molecule is O=C(C[C@@H]1SC(=Nc2ccccc2)N(S(=O)(=O)c2ccccc2)C1=O)Nc1ccccc1. The number of nitrogens with one attached hydrogen (secondary N) is 1. The second kappa shape index (κ2) is 9.37. The van der Waals surface area contributed by atoms with Crippen molar-refractivity contribution in [1.29, 1.82) is 0 Å². The first-order chi connectivity index (χ1) is 15.4. The number of thioether (sulfide) groups is 1. The lowest BCUT2D eigenvalue weighted by Crippen LogP contribution is -2.38. The normalized spacial score (nSPS) is 17.5. The van der Waals surface area contributed by atoms with Gasteiger partial charge in [-0.25, -0.2) is 13.4 Å². The molecular formula is C23H19N3O4S2. The first-order valence-corrected chi connectivity index (χ1v) is 12.1. The second-order valence-electron chi connectivity index (χ2n) is 6.88. The highest BCUT2D eigenvalue weighted by Crippen LogP contribution is 2.35. The Balaban J connectivity index is 1.64. The van der Waals surface area contributed by atoms with Crippen molar-refractivity contribution in [3.8, 4) is 0 Å². The average molecular weight is 466 g/mol. The van der Waals surface area contributed by atoms with Gasteiger partial charge in [0.15, 0.2) is 5.17 Å². The lowest BCUT2D eigenvalue weighted by atomic mass is 10.2. The number of benzene rings is 3. The number of carbonyl (C=O) groups excluding carboxylic acids is 2. The summed E-state index contributed by atoms with van der Waals surface area (Å²) in [5.41, 5.74) is 1.10. The van der Waals surface area contributed by atoms with E-state index in [2.05, 4.69) is 10.3 Å². The summed E-state index contributed by atoms with van der Waals surface area (Å²) < 4.78 is 27.3. The summed E-state index contributed by atoms with van der Waals surface area (Å²) in [6, 6.07) is 25.3. The van der Waals surface area contributed by atoms with Crippen LogP contribution in [0.3, 0.4) is 0 Å². The minimum absolute atomic E-state index is 0.0163. The molecule has 0 radical (unpaired) electrons. The molecule has 162 valence electrons. The summed E-state index contributed by atoms with van der Waals surface area (Å²) in [4.78, 5) is 30.1. The van der Waals surface area contributed by atoms with E-state index in [0.717, 1.165) is 11.8 Å². The first-order valence-electron chi connectivity index (χ1n) is 9.75. The molecule has 2 amide bonds. The molecule has 0 aromatic heterocycles. The third kappa shape index (κ3) is 4.74. The third-order valence-electron chi connectivity index (χ3n) is 4.59. The van der Waals surface area contributed by atoms with E-state index in [4.69, 9.17) is 0 Å². The lowest BCUT2D eigenvalue weighted by molar-refractivity contribution is -0.125. The van der Waals surface area contributed by atoms with Crippen molar-refractivity contribution < 1.29 is 18.0 Å². The van der Waals surface area contributed by atoms with Crippen LogP contribution in [0.25, 0.3) is 0 Å². The number of para-hydroxylation sites is 2. The molecule has 1 saturated heterocycles. The Morgan fingerprint density at radius 3 is 2.09 bits per heavy atom. The topological polar surface area (TPSA) is 95.9 Å². The van der Waals surface area contributed by atoms with Crippen LogP contribution in [0.5, 0.6) is 0 Å². The maximum absolute atomic E-state index is 13.3. The number of nitrogens with zero attached hydrogens (tertiary/aromatic N) is 2. The van der Waals surface area contributed by atoms with Gasteiger partial charge in [-0.15, -0.1) is 0 Å². The summed E-state index contributed by atoms with van der Waals surface area (Å²) in [5.74, 6) is -1.09. The van der Waals surface area contributed by atoms with Crippen molar-refractivity contribution in [2.75, 3.05) is 5.32 Å². The van der Waals surface area contributed by atoms with Crippen LogP contribution in [0.4, 0.5) is 11.4 Å². The molecule has 1 atom stereocenters. The fourth-order valence-electron chi connectivity index (χ4n) is 3.09. The van der Waals surface area contributed by atoms with Gasteiger partial charge in [0.05, 0.1) is 10.6 Å². The van der Waals surface area contributed by atoms with Crippen molar-refractivity contribution in [1.82, 2.24) is 4.31 Å². The Kier molecular flexibility index (Phi) is 6.38. The van der Waals surface area contributed by atoms with Gasteiger partial charge in [-0.3, -0.25) is 9.59 Å². The summed E-state index contributed by atoms with van der Waals surface area (Å²) in [5, 5.41) is 1.83.